The molecule has 1 heterocycles. The van der Waals surface area contributed by atoms with Gasteiger partial charge < -0.3 is 0 Å². The summed E-state index contributed by atoms with van der Waals surface area (Å²) in [7, 11) is 0. The number of aromatic nitrogens is 1. The molecule has 0 aliphatic rings. The molecule has 1 nitrogen and oxygen atoms in total. The number of rotatable bonds is 1. The second kappa shape index (κ2) is 5.03. The largest absolute Gasteiger partial charge is 0.265 e. The van der Waals surface area contributed by atoms with E-state index in [4.69, 9.17) is 0 Å². The number of fused-ring (bicyclic) bond motifs is 2. The maximum atomic E-state index is 4.19. The average molecular weight is 329 g/mol. The average Bonchev–Trinajstić information content (AvgIpc) is 2.72. The van der Waals surface area contributed by atoms with Gasteiger partial charge >= 0.3 is 0 Å². The zero-order chi connectivity index (χ0) is 17.1. The Morgan fingerprint density at radius 3 is 1.81 bits per heavy atom. The van der Waals surface area contributed by atoms with Crippen LogP contribution in [-0.2, 0) is 0 Å². The fourth-order valence-electron chi connectivity index (χ4n) is 4.43. The lowest BCUT2D eigenvalue weighted by Gasteiger charge is -2.17. The first-order chi connectivity index (χ1) is 12.9. The standard InChI is InChI=1S/C25H15N/c1-4-17-5-3-9-22-23(17)20(7-1)21-8-2-6-18-10-11-19(25(22)24(18)21)16-12-14-26-15-13-16/h1-15H. The van der Waals surface area contributed by atoms with E-state index in [1.165, 1.54) is 54.2 Å². The Morgan fingerprint density at radius 2 is 1.08 bits per heavy atom. The molecule has 0 saturated heterocycles. The van der Waals surface area contributed by atoms with Gasteiger partial charge in [-0.2, -0.15) is 0 Å². The van der Waals surface area contributed by atoms with Crippen molar-refractivity contribution in [3.05, 3.63) is 91.3 Å². The van der Waals surface area contributed by atoms with Gasteiger partial charge in [0, 0.05) is 12.4 Å². The predicted octanol–water partition coefficient (Wildman–Crippen LogP) is 6.80. The van der Waals surface area contributed by atoms with Crippen molar-refractivity contribution in [2.24, 2.45) is 0 Å². The fourth-order valence-corrected chi connectivity index (χ4v) is 4.43. The summed E-state index contributed by atoms with van der Waals surface area (Å²) >= 11 is 0. The molecule has 26 heavy (non-hydrogen) atoms. The van der Waals surface area contributed by atoms with Crippen LogP contribution in [0.3, 0.4) is 0 Å². The lowest BCUT2D eigenvalue weighted by Crippen LogP contribution is -1.89. The van der Waals surface area contributed by atoms with Gasteiger partial charge in [-0.3, -0.25) is 4.98 Å². The van der Waals surface area contributed by atoms with Crippen LogP contribution in [0, 0.1) is 0 Å². The molecule has 5 aromatic carbocycles. The van der Waals surface area contributed by atoms with Crippen LogP contribution < -0.4 is 0 Å². The summed E-state index contributed by atoms with van der Waals surface area (Å²) in [6, 6.07) is 28.6. The molecule has 1 aromatic heterocycles. The lowest BCUT2D eigenvalue weighted by atomic mass is 9.86. The van der Waals surface area contributed by atoms with Gasteiger partial charge in [0.1, 0.15) is 0 Å². The first-order valence-corrected chi connectivity index (χ1v) is 8.90. The van der Waals surface area contributed by atoms with Gasteiger partial charge in [0.2, 0.25) is 0 Å². The summed E-state index contributed by atoms with van der Waals surface area (Å²) in [6.07, 6.45) is 3.74. The molecule has 6 rings (SSSR count). The van der Waals surface area contributed by atoms with Crippen LogP contribution in [-0.4, -0.2) is 4.98 Å². The SMILES string of the molecule is c1cc2cccc3c4c(-c5ccncc5)ccc5cccc(c(c1)c23)c54. The highest BCUT2D eigenvalue weighted by Gasteiger charge is 2.15. The van der Waals surface area contributed by atoms with Gasteiger partial charge in [-0.1, -0.05) is 66.7 Å². The molecule has 0 bridgehead atoms. The molecule has 0 amide bonds. The van der Waals surface area contributed by atoms with Crippen molar-refractivity contribution in [3.8, 4) is 11.1 Å². The van der Waals surface area contributed by atoms with Crippen LogP contribution in [0.1, 0.15) is 0 Å². The zero-order valence-electron chi connectivity index (χ0n) is 14.1. The number of hydrogen-bond acceptors (Lipinski definition) is 1. The fraction of sp³-hybridized carbons (Fsp3) is 0. The van der Waals surface area contributed by atoms with Gasteiger partial charge in [-0.15, -0.1) is 0 Å². The third-order valence-electron chi connectivity index (χ3n) is 5.50. The predicted molar refractivity (Wildman–Crippen MR) is 111 cm³/mol. The van der Waals surface area contributed by atoms with Gasteiger partial charge in [0.05, 0.1) is 0 Å². The van der Waals surface area contributed by atoms with Crippen LogP contribution in [0.25, 0.3) is 54.2 Å². The van der Waals surface area contributed by atoms with Crippen molar-refractivity contribution in [2.75, 3.05) is 0 Å². The smallest absolute Gasteiger partial charge is 0.0273 e. The van der Waals surface area contributed by atoms with E-state index in [-0.39, 0.29) is 0 Å². The van der Waals surface area contributed by atoms with Crippen LogP contribution in [0.15, 0.2) is 91.3 Å². The zero-order valence-corrected chi connectivity index (χ0v) is 14.1. The van der Waals surface area contributed by atoms with E-state index in [1.807, 2.05) is 12.4 Å². The van der Waals surface area contributed by atoms with Crippen molar-refractivity contribution in [3.63, 3.8) is 0 Å². The second-order valence-electron chi connectivity index (χ2n) is 6.84. The van der Waals surface area contributed by atoms with Crippen LogP contribution in [0.2, 0.25) is 0 Å². The molecule has 0 aliphatic heterocycles. The summed E-state index contributed by atoms with van der Waals surface area (Å²) < 4.78 is 0. The Bertz CT molecular complexity index is 1410. The quantitative estimate of drug-likeness (QED) is 0.239. The Labute approximate surface area is 150 Å². The minimum absolute atomic E-state index is 1.21. The minimum Gasteiger partial charge on any atom is -0.265 e. The molecule has 1 heteroatoms. The molecule has 0 radical (unpaired) electrons. The van der Waals surface area contributed by atoms with Crippen molar-refractivity contribution in [1.29, 1.82) is 0 Å². The number of pyridine rings is 1. The summed E-state index contributed by atoms with van der Waals surface area (Å²) in [5, 5.41) is 10.6. The molecule has 0 atom stereocenters. The molecule has 0 unspecified atom stereocenters. The molecule has 0 N–H and O–H groups in total. The van der Waals surface area contributed by atoms with E-state index < -0.39 is 0 Å². The van der Waals surface area contributed by atoms with Gasteiger partial charge in [-0.25, -0.2) is 0 Å². The second-order valence-corrected chi connectivity index (χ2v) is 6.84. The lowest BCUT2D eigenvalue weighted by molar-refractivity contribution is 1.33. The van der Waals surface area contributed by atoms with E-state index in [2.05, 4.69) is 83.8 Å². The van der Waals surface area contributed by atoms with Gasteiger partial charge in [0.25, 0.3) is 0 Å². The summed E-state index contributed by atoms with van der Waals surface area (Å²) in [4.78, 5) is 4.19. The van der Waals surface area contributed by atoms with E-state index in [0.717, 1.165) is 0 Å². The maximum absolute atomic E-state index is 4.19. The molecular formula is C25H15N. The number of benzene rings is 5. The monoisotopic (exact) mass is 329 g/mol. The molecular weight excluding hydrogens is 314 g/mol. The van der Waals surface area contributed by atoms with Crippen LogP contribution in [0.5, 0.6) is 0 Å². The van der Waals surface area contributed by atoms with E-state index >= 15 is 0 Å². The third kappa shape index (κ3) is 1.72. The molecule has 120 valence electrons. The topological polar surface area (TPSA) is 12.9 Å². The summed E-state index contributed by atoms with van der Waals surface area (Å²) in [6.45, 7) is 0. The molecule has 0 fully saturated rings. The highest BCUT2D eigenvalue weighted by atomic mass is 14.6. The Kier molecular flexibility index (Phi) is 2.67. The maximum Gasteiger partial charge on any atom is 0.0273 e. The normalized spacial score (nSPS) is 11.8. The van der Waals surface area contributed by atoms with Crippen LogP contribution >= 0.6 is 0 Å². The van der Waals surface area contributed by atoms with Crippen molar-refractivity contribution < 1.29 is 0 Å². The van der Waals surface area contributed by atoms with Gasteiger partial charge in [0.15, 0.2) is 0 Å². The number of hydrogen-bond donors (Lipinski definition) is 0. The molecule has 0 aliphatic carbocycles. The van der Waals surface area contributed by atoms with Crippen molar-refractivity contribution in [2.45, 2.75) is 0 Å². The van der Waals surface area contributed by atoms with E-state index in [0.29, 0.717) is 0 Å². The molecule has 6 aromatic rings. The highest BCUT2D eigenvalue weighted by molar-refractivity contribution is 6.35. The van der Waals surface area contributed by atoms with Crippen LogP contribution in [0.4, 0.5) is 0 Å². The molecule has 0 spiro atoms. The van der Waals surface area contributed by atoms with E-state index in [1.54, 1.807) is 0 Å². The van der Waals surface area contributed by atoms with Crippen molar-refractivity contribution in [1.82, 2.24) is 4.98 Å². The first kappa shape index (κ1) is 13.8. The van der Waals surface area contributed by atoms with Crippen molar-refractivity contribution >= 4 is 43.1 Å². The van der Waals surface area contributed by atoms with Gasteiger partial charge in [-0.05, 0) is 66.3 Å². The Hall–Kier alpha value is -3.45. The Morgan fingerprint density at radius 1 is 0.462 bits per heavy atom. The summed E-state index contributed by atoms with van der Waals surface area (Å²) in [5.41, 5.74) is 2.48. The third-order valence-corrected chi connectivity index (χ3v) is 5.50. The summed E-state index contributed by atoms with van der Waals surface area (Å²) in [5.74, 6) is 0. The number of nitrogens with zero attached hydrogens (tertiary/aromatic N) is 1. The molecule has 0 saturated carbocycles. The van der Waals surface area contributed by atoms with E-state index in [9.17, 15) is 0 Å². The minimum atomic E-state index is 1.21. The highest BCUT2D eigenvalue weighted by Crippen LogP contribution is 2.43. The first-order valence-electron chi connectivity index (χ1n) is 8.90. The Balaban J connectivity index is 1.99.